The topological polar surface area (TPSA) is 104 Å². The number of hydrogen-bond donors (Lipinski definition) is 2. The Morgan fingerprint density at radius 1 is 1.40 bits per heavy atom. The first-order valence-electron chi connectivity index (χ1n) is 7.19. The van der Waals surface area contributed by atoms with E-state index in [9.17, 15) is 19.5 Å². The first-order chi connectivity index (χ1) is 11.8. The number of amides is 1. The lowest BCUT2D eigenvalue weighted by Gasteiger charge is -2.22. The van der Waals surface area contributed by atoms with E-state index in [2.05, 4.69) is 0 Å². The van der Waals surface area contributed by atoms with Crippen molar-refractivity contribution in [1.29, 1.82) is 0 Å². The number of carboxylic acid groups (broad SMARTS) is 2. The maximum Gasteiger partial charge on any atom is 0.326 e. The number of benzene rings is 1. The minimum absolute atomic E-state index is 0.0944. The molecule has 2 N–H and O–H groups in total. The maximum atomic E-state index is 12.6. The smallest absolute Gasteiger partial charge is 0.326 e. The molecule has 132 valence electrons. The Labute approximate surface area is 153 Å². The van der Waals surface area contributed by atoms with Crippen molar-refractivity contribution in [2.24, 2.45) is 0 Å². The van der Waals surface area contributed by atoms with Gasteiger partial charge in [-0.25, -0.2) is 4.79 Å². The molecule has 0 spiro atoms. The van der Waals surface area contributed by atoms with Gasteiger partial charge in [-0.15, -0.1) is 0 Å². The molecule has 2 rings (SSSR count). The zero-order valence-electron chi connectivity index (χ0n) is 13.2. The molecule has 1 atom stereocenters. The largest absolute Gasteiger partial charge is 0.497 e. The Morgan fingerprint density at radius 2 is 2.12 bits per heavy atom. The molecule has 1 aliphatic rings. The van der Waals surface area contributed by atoms with Crippen molar-refractivity contribution in [3.8, 4) is 5.75 Å². The lowest BCUT2D eigenvalue weighted by atomic mass is 10.1. The Kier molecular flexibility index (Phi) is 6.16. The van der Waals surface area contributed by atoms with Gasteiger partial charge in [0.2, 0.25) is 0 Å². The van der Waals surface area contributed by atoms with Gasteiger partial charge in [0.15, 0.2) is 0 Å². The summed E-state index contributed by atoms with van der Waals surface area (Å²) < 4.78 is 5.22. The Morgan fingerprint density at radius 3 is 2.72 bits per heavy atom. The molecule has 1 heterocycles. The van der Waals surface area contributed by atoms with Crippen LogP contribution in [-0.4, -0.2) is 50.4 Å². The number of carbonyl (C=O) groups excluding carboxylic acids is 1. The number of carboxylic acids is 2. The number of hydrogen-bond acceptors (Lipinski definition) is 6. The lowest BCUT2D eigenvalue weighted by molar-refractivity contribution is -0.146. The van der Waals surface area contributed by atoms with Crippen molar-refractivity contribution in [1.82, 2.24) is 4.90 Å². The van der Waals surface area contributed by atoms with Crippen molar-refractivity contribution in [3.05, 3.63) is 34.7 Å². The zero-order valence-corrected chi connectivity index (χ0v) is 14.8. The molecule has 1 saturated heterocycles. The van der Waals surface area contributed by atoms with Gasteiger partial charge >= 0.3 is 11.9 Å². The molecular weight excluding hydrogens is 366 g/mol. The third kappa shape index (κ3) is 4.58. The molecule has 0 bridgehead atoms. The van der Waals surface area contributed by atoms with Crippen LogP contribution in [0.15, 0.2) is 29.2 Å². The van der Waals surface area contributed by atoms with E-state index in [0.29, 0.717) is 11.3 Å². The quantitative estimate of drug-likeness (QED) is 0.547. The first-order valence-corrected chi connectivity index (χ1v) is 8.41. The summed E-state index contributed by atoms with van der Waals surface area (Å²) in [5, 5.41) is 18.1. The summed E-state index contributed by atoms with van der Waals surface area (Å²) in [6.07, 6.45) is 1.00. The monoisotopic (exact) mass is 381 g/mol. The van der Waals surface area contributed by atoms with E-state index in [-0.39, 0.29) is 22.1 Å². The molecule has 1 aromatic carbocycles. The number of nitrogens with zero attached hydrogens (tertiary/aromatic N) is 1. The van der Waals surface area contributed by atoms with Crippen LogP contribution in [0.25, 0.3) is 6.08 Å². The van der Waals surface area contributed by atoms with E-state index in [0.717, 1.165) is 16.7 Å². The Bertz CT molecular complexity index is 761. The first kappa shape index (κ1) is 18.9. The zero-order chi connectivity index (χ0) is 18.6. The fraction of sp³-hybridized carbons (Fsp3) is 0.250. The number of ether oxygens (including phenoxy) is 1. The third-order valence-corrected chi connectivity index (χ3v) is 4.77. The Hall–Kier alpha value is -2.39. The normalized spacial score (nSPS) is 17.0. The highest BCUT2D eigenvalue weighted by Gasteiger charge is 2.40. The van der Waals surface area contributed by atoms with Crippen molar-refractivity contribution >= 4 is 52.2 Å². The van der Waals surface area contributed by atoms with E-state index < -0.39 is 23.9 Å². The molecule has 1 aromatic rings. The number of thiocarbonyl (C=S) groups is 1. The summed E-state index contributed by atoms with van der Waals surface area (Å²) in [6, 6.07) is 5.72. The van der Waals surface area contributed by atoms with Crippen LogP contribution in [0.1, 0.15) is 18.4 Å². The van der Waals surface area contributed by atoms with Crippen LogP contribution in [0.5, 0.6) is 5.75 Å². The summed E-state index contributed by atoms with van der Waals surface area (Å²) in [6.45, 7) is 0. The van der Waals surface area contributed by atoms with E-state index in [1.54, 1.807) is 30.3 Å². The highest BCUT2D eigenvalue weighted by atomic mass is 32.2. The van der Waals surface area contributed by atoms with Gasteiger partial charge < -0.3 is 14.9 Å². The minimum Gasteiger partial charge on any atom is -0.497 e. The van der Waals surface area contributed by atoms with Crippen molar-refractivity contribution in [2.75, 3.05) is 7.11 Å². The van der Waals surface area contributed by atoms with Crippen molar-refractivity contribution in [3.63, 3.8) is 0 Å². The van der Waals surface area contributed by atoms with E-state index in [1.165, 1.54) is 7.11 Å². The van der Waals surface area contributed by atoms with Crippen LogP contribution in [0.3, 0.4) is 0 Å². The molecule has 1 fully saturated rings. The molecule has 0 saturated carbocycles. The van der Waals surface area contributed by atoms with Crippen LogP contribution in [0.2, 0.25) is 0 Å². The predicted octanol–water partition coefficient (Wildman–Crippen LogP) is 2.21. The van der Waals surface area contributed by atoms with Gasteiger partial charge in [0, 0.05) is 6.42 Å². The average molecular weight is 381 g/mol. The van der Waals surface area contributed by atoms with Gasteiger partial charge in [-0.2, -0.15) is 0 Å². The fourth-order valence-corrected chi connectivity index (χ4v) is 3.61. The number of thioether (sulfide) groups is 1. The van der Waals surface area contributed by atoms with Crippen LogP contribution in [0.4, 0.5) is 0 Å². The number of carbonyl (C=O) groups is 3. The Balaban J connectivity index is 2.26. The molecule has 7 nitrogen and oxygen atoms in total. The molecule has 0 radical (unpaired) electrons. The highest BCUT2D eigenvalue weighted by molar-refractivity contribution is 8.26. The fourth-order valence-electron chi connectivity index (χ4n) is 2.25. The van der Waals surface area contributed by atoms with Gasteiger partial charge in [-0.05, 0) is 30.2 Å². The molecule has 1 amide bonds. The second kappa shape index (κ2) is 8.13. The second-order valence-corrected chi connectivity index (χ2v) is 6.79. The SMILES string of the molecule is COc1cccc(/C=C2\SC(=S)N([C@H](CCC(=O)O)C(=O)O)C2=O)c1. The molecule has 9 heteroatoms. The molecule has 0 aromatic heterocycles. The molecule has 0 aliphatic carbocycles. The number of rotatable bonds is 7. The highest BCUT2D eigenvalue weighted by Crippen LogP contribution is 2.35. The van der Waals surface area contributed by atoms with E-state index >= 15 is 0 Å². The van der Waals surface area contributed by atoms with Crippen molar-refractivity contribution in [2.45, 2.75) is 18.9 Å². The maximum absolute atomic E-state index is 12.6. The molecule has 0 unspecified atom stereocenters. The molecule has 1 aliphatic heterocycles. The van der Waals surface area contributed by atoms with Gasteiger partial charge in [-0.1, -0.05) is 36.1 Å². The molecule has 25 heavy (non-hydrogen) atoms. The summed E-state index contributed by atoms with van der Waals surface area (Å²) in [4.78, 5) is 36.0. The summed E-state index contributed by atoms with van der Waals surface area (Å²) in [5.74, 6) is -2.35. The van der Waals surface area contributed by atoms with Crippen LogP contribution in [0, 0.1) is 0 Å². The van der Waals surface area contributed by atoms with Crippen LogP contribution >= 0.6 is 24.0 Å². The van der Waals surface area contributed by atoms with Crippen LogP contribution < -0.4 is 4.74 Å². The van der Waals surface area contributed by atoms with Gasteiger partial charge in [0.05, 0.1) is 12.0 Å². The second-order valence-electron chi connectivity index (χ2n) is 5.11. The summed E-state index contributed by atoms with van der Waals surface area (Å²) >= 11 is 6.11. The van der Waals surface area contributed by atoms with Crippen LogP contribution in [-0.2, 0) is 14.4 Å². The minimum atomic E-state index is -1.31. The third-order valence-electron chi connectivity index (χ3n) is 3.44. The van der Waals surface area contributed by atoms with Gasteiger partial charge in [-0.3, -0.25) is 14.5 Å². The van der Waals surface area contributed by atoms with Crippen molar-refractivity contribution < 1.29 is 29.3 Å². The van der Waals surface area contributed by atoms with Gasteiger partial charge in [0.1, 0.15) is 16.1 Å². The number of aliphatic carboxylic acids is 2. The molecular formula is C16H15NO6S2. The average Bonchev–Trinajstić information content (AvgIpc) is 2.82. The summed E-state index contributed by atoms with van der Waals surface area (Å²) in [7, 11) is 1.53. The standard InChI is InChI=1S/C16H15NO6S2/c1-23-10-4-2-3-9(7-10)8-12-14(20)17(16(24)25-12)11(15(21)22)5-6-13(18)19/h2-4,7-8,11H,5-6H2,1H3,(H,18,19)(H,21,22)/b12-8-/t11-/m1/s1. The lowest BCUT2D eigenvalue weighted by Crippen LogP contribution is -2.44. The van der Waals surface area contributed by atoms with E-state index in [1.807, 2.05) is 0 Å². The van der Waals surface area contributed by atoms with E-state index in [4.69, 9.17) is 22.1 Å². The number of methoxy groups -OCH3 is 1. The predicted molar refractivity (Wildman–Crippen MR) is 96.3 cm³/mol. The summed E-state index contributed by atoms with van der Waals surface area (Å²) in [5.41, 5.74) is 0.706. The van der Waals surface area contributed by atoms with Gasteiger partial charge in [0.25, 0.3) is 5.91 Å².